The summed E-state index contributed by atoms with van der Waals surface area (Å²) >= 11 is 0. The van der Waals surface area contributed by atoms with Crippen LogP contribution in [0, 0.1) is 5.92 Å². The van der Waals surface area contributed by atoms with Crippen molar-refractivity contribution >= 4 is 5.69 Å². The van der Waals surface area contributed by atoms with Crippen LogP contribution in [0.5, 0.6) is 0 Å². The van der Waals surface area contributed by atoms with Crippen LogP contribution in [0.2, 0.25) is 0 Å². The summed E-state index contributed by atoms with van der Waals surface area (Å²) in [6.45, 7) is 2.23. The molecule has 3 heteroatoms. The number of anilines is 1. The second-order valence-electron chi connectivity index (χ2n) is 5.39. The van der Waals surface area contributed by atoms with Gasteiger partial charge in [-0.2, -0.15) is 0 Å². The second kappa shape index (κ2) is 5.39. The topological polar surface area (TPSA) is 37.8 Å². The molecule has 0 aliphatic heterocycles. The predicted octanol–water partition coefficient (Wildman–Crippen LogP) is 3.74. The van der Waals surface area contributed by atoms with Crippen LogP contribution in [0.4, 0.5) is 5.69 Å². The van der Waals surface area contributed by atoms with Gasteiger partial charge in [-0.25, -0.2) is 9.97 Å². The van der Waals surface area contributed by atoms with Crippen LogP contribution in [0.1, 0.15) is 26.2 Å². The molecule has 1 heterocycles. The molecule has 98 valence electrons. The fourth-order valence-corrected chi connectivity index (χ4v) is 2.34. The molecule has 1 aliphatic rings. The van der Waals surface area contributed by atoms with E-state index in [0.29, 0.717) is 6.04 Å². The standard InChI is InChI=1S/C16H19N3/c1-12(9-13-7-8-13)19-15-10-17-16(18-11-15)14-5-3-2-4-6-14/h2-6,10-13,19H,7-9H2,1H3. The Morgan fingerprint density at radius 1 is 1.16 bits per heavy atom. The first kappa shape index (κ1) is 12.2. The zero-order valence-electron chi connectivity index (χ0n) is 11.2. The predicted molar refractivity (Wildman–Crippen MR) is 77.9 cm³/mol. The van der Waals surface area contributed by atoms with E-state index in [-0.39, 0.29) is 0 Å². The Labute approximate surface area is 114 Å². The van der Waals surface area contributed by atoms with Crippen molar-refractivity contribution < 1.29 is 0 Å². The first-order chi connectivity index (χ1) is 9.31. The highest BCUT2D eigenvalue weighted by Gasteiger charge is 2.23. The number of hydrogen-bond acceptors (Lipinski definition) is 3. The van der Waals surface area contributed by atoms with Crippen molar-refractivity contribution in [2.75, 3.05) is 5.32 Å². The highest BCUT2D eigenvalue weighted by Crippen LogP contribution is 2.34. The monoisotopic (exact) mass is 253 g/mol. The number of hydrogen-bond donors (Lipinski definition) is 1. The summed E-state index contributed by atoms with van der Waals surface area (Å²) in [5, 5.41) is 3.47. The molecule has 0 saturated heterocycles. The molecule has 1 fully saturated rings. The van der Waals surface area contributed by atoms with Crippen LogP contribution in [0.3, 0.4) is 0 Å². The Balaban J connectivity index is 1.65. The fourth-order valence-electron chi connectivity index (χ4n) is 2.34. The summed E-state index contributed by atoms with van der Waals surface area (Å²) in [5.41, 5.74) is 2.06. The van der Waals surface area contributed by atoms with Crippen molar-refractivity contribution in [1.82, 2.24) is 9.97 Å². The normalized spacial score (nSPS) is 16.1. The Morgan fingerprint density at radius 3 is 2.47 bits per heavy atom. The van der Waals surface area contributed by atoms with Crippen molar-refractivity contribution in [3.05, 3.63) is 42.7 Å². The lowest BCUT2D eigenvalue weighted by Crippen LogP contribution is -2.16. The van der Waals surface area contributed by atoms with Crippen LogP contribution in [0.25, 0.3) is 11.4 Å². The van der Waals surface area contributed by atoms with E-state index in [2.05, 4.69) is 22.2 Å². The minimum atomic E-state index is 0.499. The smallest absolute Gasteiger partial charge is 0.159 e. The maximum absolute atomic E-state index is 4.42. The highest BCUT2D eigenvalue weighted by molar-refractivity contribution is 5.55. The number of nitrogens with one attached hydrogen (secondary N) is 1. The summed E-state index contributed by atoms with van der Waals surface area (Å²) in [5.74, 6) is 1.72. The summed E-state index contributed by atoms with van der Waals surface area (Å²) in [6.07, 6.45) is 7.79. The van der Waals surface area contributed by atoms with Crippen LogP contribution in [-0.4, -0.2) is 16.0 Å². The third-order valence-corrected chi connectivity index (χ3v) is 3.48. The van der Waals surface area contributed by atoms with Crippen LogP contribution in [0.15, 0.2) is 42.7 Å². The summed E-state index contributed by atoms with van der Waals surface area (Å²) in [6, 6.07) is 10.6. The molecule has 1 saturated carbocycles. The van der Waals surface area contributed by atoms with E-state index in [1.54, 1.807) is 0 Å². The molecule has 1 aliphatic carbocycles. The van der Waals surface area contributed by atoms with Gasteiger partial charge in [-0.3, -0.25) is 0 Å². The SMILES string of the molecule is CC(CC1CC1)Nc1cnc(-c2ccccc2)nc1. The molecular weight excluding hydrogens is 234 g/mol. The van der Waals surface area contributed by atoms with Gasteiger partial charge in [-0.15, -0.1) is 0 Å². The molecular formula is C16H19N3. The van der Waals surface area contributed by atoms with E-state index in [1.807, 2.05) is 42.7 Å². The second-order valence-corrected chi connectivity index (χ2v) is 5.39. The zero-order valence-corrected chi connectivity index (χ0v) is 11.2. The Bertz CT molecular complexity index is 517. The Kier molecular flexibility index (Phi) is 3.45. The summed E-state index contributed by atoms with van der Waals surface area (Å²) < 4.78 is 0. The molecule has 1 aromatic carbocycles. The number of benzene rings is 1. The molecule has 1 aromatic heterocycles. The average molecular weight is 253 g/mol. The third kappa shape index (κ3) is 3.31. The van der Waals surface area contributed by atoms with E-state index in [1.165, 1.54) is 19.3 Å². The molecule has 3 nitrogen and oxygen atoms in total. The van der Waals surface area contributed by atoms with Gasteiger partial charge in [0.15, 0.2) is 5.82 Å². The highest BCUT2D eigenvalue weighted by atomic mass is 15.0. The van der Waals surface area contributed by atoms with E-state index in [4.69, 9.17) is 0 Å². The van der Waals surface area contributed by atoms with Crippen molar-refractivity contribution in [2.45, 2.75) is 32.2 Å². The molecule has 2 aromatic rings. The van der Waals surface area contributed by atoms with E-state index < -0.39 is 0 Å². The zero-order chi connectivity index (χ0) is 13.1. The third-order valence-electron chi connectivity index (χ3n) is 3.48. The largest absolute Gasteiger partial charge is 0.380 e. The summed E-state index contributed by atoms with van der Waals surface area (Å²) in [4.78, 5) is 8.85. The van der Waals surface area contributed by atoms with Crippen molar-refractivity contribution in [3.8, 4) is 11.4 Å². The molecule has 0 spiro atoms. The van der Waals surface area contributed by atoms with Gasteiger partial charge in [0.1, 0.15) is 0 Å². The number of aromatic nitrogens is 2. The van der Waals surface area contributed by atoms with E-state index >= 15 is 0 Å². The fraction of sp³-hybridized carbons (Fsp3) is 0.375. The molecule has 0 amide bonds. The van der Waals surface area contributed by atoms with Gasteiger partial charge in [-0.05, 0) is 19.3 Å². The van der Waals surface area contributed by atoms with Gasteiger partial charge >= 0.3 is 0 Å². The van der Waals surface area contributed by atoms with Gasteiger partial charge in [0.25, 0.3) is 0 Å². The molecule has 1 unspecified atom stereocenters. The minimum absolute atomic E-state index is 0.499. The Morgan fingerprint density at radius 2 is 1.84 bits per heavy atom. The van der Waals surface area contributed by atoms with Gasteiger partial charge in [0.2, 0.25) is 0 Å². The van der Waals surface area contributed by atoms with Gasteiger partial charge in [0.05, 0.1) is 18.1 Å². The summed E-state index contributed by atoms with van der Waals surface area (Å²) in [7, 11) is 0. The van der Waals surface area contributed by atoms with E-state index in [0.717, 1.165) is 23.0 Å². The minimum Gasteiger partial charge on any atom is -0.380 e. The average Bonchev–Trinajstić information content (AvgIpc) is 3.24. The lowest BCUT2D eigenvalue weighted by Gasteiger charge is -2.14. The first-order valence-electron chi connectivity index (χ1n) is 6.95. The molecule has 0 radical (unpaired) electrons. The van der Waals surface area contributed by atoms with Crippen LogP contribution in [-0.2, 0) is 0 Å². The molecule has 3 rings (SSSR count). The lowest BCUT2D eigenvalue weighted by molar-refractivity contribution is 0.641. The van der Waals surface area contributed by atoms with Gasteiger partial charge in [0, 0.05) is 11.6 Å². The maximum Gasteiger partial charge on any atom is 0.159 e. The molecule has 19 heavy (non-hydrogen) atoms. The van der Waals surface area contributed by atoms with Crippen molar-refractivity contribution in [1.29, 1.82) is 0 Å². The van der Waals surface area contributed by atoms with Crippen molar-refractivity contribution in [2.24, 2.45) is 5.92 Å². The van der Waals surface area contributed by atoms with Gasteiger partial charge in [-0.1, -0.05) is 43.2 Å². The maximum atomic E-state index is 4.42. The van der Waals surface area contributed by atoms with Crippen LogP contribution >= 0.6 is 0 Å². The number of nitrogens with zero attached hydrogens (tertiary/aromatic N) is 2. The lowest BCUT2D eigenvalue weighted by atomic mass is 10.1. The first-order valence-corrected chi connectivity index (χ1v) is 6.95. The van der Waals surface area contributed by atoms with Crippen LogP contribution < -0.4 is 5.32 Å². The van der Waals surface area contributed by atoms with Crippen molar-refractivity contribution in [3.63, 3.8) is 0 Å². The van der Waals surface area contributed by atoms with Gasteiger partial charge < -0.3 is 5.32 Å². The molecule has 1 atom stereocenters. The van der Waals surface area contributed by atoms with E-state index in [9.17, 15) is 0 Å². The quantitative estimate of drug-likeness (QED) is 0.882. The molecule has 1 N–H and O–H groups in total. The number of rotatable bonds is 5. The Hall–Kier alpha value is -1.90. The molecule has 0 bridgehead atoms.